The Labute approximate surface area is 186 Å². The molecule has 8 heteroatoms. The summed E-state index contributed by atoms with van der Waals surface area (Å²) in [7, 11) is 0. The summed E-state index contributed by atoms with van der Waals surface area (Å²) in [4.78, 5) is 22.4. The van der Waals surface area contributed by atoms with E-state index in [-0.39, 0.29) is 5.91 Å². The molecule has 1 aromatic carbocycles. The lowest BCUT2D eigenvalue weighted by Crippen LogP contribution is -2.48. The number of nitrogens with zero attached hydrogens (tertiary/aromatic N) is 2. The second-order valence-electron chi connectivity index (χ2n) is 8.54. The van der Waals surface area contributed by atoms with Gasteiger partial charge < -0.3 is 15.6 Å². The van der Waals surface area contributed by atoms with Crippen LogP contribution in [0.4, 0.5) is 5.69 Å². The molecule has 1 aliphatic carbocycles. The fourth-order valence-electron chi connectivity index (χ4n) is 4.65. The van der Waals surface area contributed by atoms with Gasteiger partial charge in [0.05, 0.1) is 29.5 Å². The molecule has 0 spiro atoms. The topological polar surface area (TPSA) is 72.5 Å². The van der Waals surface area contributed by atoms with E-state index in [1.165, 1.54) is 25.7 Å². The molecule has 3 N–H and O–H groups in total. The van der Waals surface area contributed by atoms with E-state index in [1.807, 2.05) is 23.9 Å². The number of carbonyl (C=O) groups excluding carboxylic acids is 1. The van der Waals surface area contributed by atoms with E-state index in [1.54, 1.807) is 0 Å². The molecule has 1 saturated carbocycles. The summed E-state index contributed by atoms with van der Waals surface area (Å²) in [5.41, 5.74) is 3.29. The molecule has 6 nitrogen and oxygen atoms in total. The molecule has 160 valence electrons. The number of halogens is 1. The lowest BCUT2D eigenvalue weighted by atomic mass is 10.2. The summed E-state index contributed by atoms with van der Waals surface area (Å²) in [5.74, 6) is 1.13. The van der Waals surface area contributed by atoms with Crippen molar-refractivity contribution < 1.29 is 4.79 Å². The minimum atomic E-state index is 0.130. The SMILES string of the molecule is O=C1CN(CCC2CSC(c3cc4cc(Cl)cc(NC5CCCC5)c4[nH]3)=N2)CCN1. The average Bonchev–Trinajstić information content (AvgIpc) is 3.47. The first kappa shape index (κ1) is 20.2. The minimum Gasteiger partial charge on any atom is -0.381 e. The van der Waals surface area contributed by atoms with Crippen molar-refractivity contribution in [3.63, 3.8) is 0 Å². The van der Waals surface area contributed by atoms with Crippen LogP contribution in [0.2, 0.25) is 5.02 Å². The summed E-state index contributed by atoms with van der Waals surface area (Å²) in [6.07, 6.45) is 6.04. The molecule has 5 rings (SSSR count). The molecule has 2 aromatic rings. The maximum absolute atomic E-state index is 11.5. The standard InChI is InChI=1S/C22H28ClN5OS/c23-15-9-14-10-19(27-21(14)18(11-15)25-16-3-1-2-4-16)22-26-17(13-30-22)5-7-28-8-6-24-20(29)12-28/h9-11,16-17,25,27H,1-8,12-13H2,(H,24,29). The Hall–Kier alpha value is -1.70. The number of hydrogen-bond acceptors (Lipinski definition) is 5. The zero-order valence-corrected chi connectivity index (χ0v) is 18.6. The normalized spacial score (nSPS) is 23.2. The molecule has 1 aromatic heterocycles. The van der Waals surface area contributed by atoms with Crippen molar-refractivity contribution in [1.82, 2.24) is 15.2 Å². The number of hydrogen-bond donors (Lipinski definition) is 3. The maximum Gasteiger partial charge on any atom is 0.234 e. The van der Waals surface area contributed by atoms with Crippen molar-refractivity contribution in [2.24, 2.45) is 4.99 Å². The fourth-order valence-corrected chi connectivity index (χ4v) is 5.96. The van der Waals surface area contributed by atoms with Gasteiger partial charge in [-0.1, -0.05) is 24.4 Å². The minimum absolute atomic E-state index is 0.130. The Morgan fingerprint density at radius 3 is 2.97 bits per heavy atom. The molecular weight excluding hydrogens is 418 g/mol. The Morgan fingerprint density at radius 2 is 2.13 bits per heavy atom. The number of aliphatic imine (C=N–C) groups is 1. The molecule has 3 aliphatic rings. The molecule has 1 saturated heterocycles. The highest BCUT2D eigenvalue weighted by Crippen LogP contribution is 2.33. The lowest BCUT2D eigenvalue weighted by molar-refractivity contribution is -0.124. The van der Waals surface area contributed by atoms with Gasteiger partial charge in [-0.15, -0.1) is 11.8 Å². The third kappa shape index (κ3) is 4.48. The third-order valence-electron chi connectivity index (χ3n) is 6.25. The molecule has 30 heavy (non-hydrogen) atoms. The number of benzene rings is 1. The van der Waals surface area contributed by atoms with Crippen LogP contribution in [-0.2, 0) is 4.79 Å². The molecule has 0 bridgehead atoms. The lowest BCUT2D eigenvalue weighted by Gasteiger charge is -2.26. The summed E-state index contributed by atoms with van der Waals surface area (Å²) in [5, 5.41) is 9.55. The van der Waals surface area contributed by atoms with Gasteiger partial charge in [-0.2, -0.15) is 0 Å². The van der Waals surface area contributed by atoms with E-state index in [4.69, 9.17) is 16.6 Å². The van der Waals surface area contributed by atoms with E-state index in [0.29, 0.717) is 18.6 Å². The van der Waals surface area contributed by atoms with E-state index < -0.39 is 0 Å². The van der Waals surface area contributed by atoms with Gasteiger partial charge in [0.1, 0.15) is 5.04 Å². The van der Waals surface area contributed by atoms with E-state index in [0.717, 1.165) is 64.2 Å². The molecular formula is C22H28ClN5OS. The van der Waals surface area contributed by atoms with Crippen LogP contribution in [-0.4, -0.2) is 64.9 Å². The molecule has 2 fully saturated rings. The van der Waals surface area contributed by atoms with Gasteiger partial charge in [0.25, 0.3) is 0 Å². The number of thioether (sulfide) groups is 1. The fraction of sp³-hybridized carbons (Fsp3) is 0.545. The van der Waals surface area contributed by atoms with Crippen LogP contribution in [0, 0.1) is 0 Å². The van der Waals surface area contributed by atoms with Gasteiger partial charge in [0, 0.05) is 41.8 Å². The Bertz CT molecular complexity index is 968. The zero-order valence-electron chi connectivity index (χ0n) is 17.0. The van der Waals surface area contributed by atoms with Crippen LogP contribution in [0.5, 0.6) is 0 Å². The van der Waals surface area contributed by atoms with E-state index in [9.17, 15) is 4.79 Å². The number of nitrogens with one attached hydrogen (secondary N) is 3. The first-order chi connectivity index (χ1) is 14.6. The second kappa shape index (κ2) is 8.81. The van der Waals surface area contributed by atoms with Crippen molar-refractivity contribution in [2.45, 2.75) is 44.2 Å². The molecule has 3 heterocycles. The predicted octanol–water partition coefficient (Wildman–Crippen LogP) is 3.86. The highest BCUT2D eigenvalue weighted by molar-refractivity contribution is 8.14. The van der Waals surface area contributed by atoms with Crippen LogP contribution in [0.25, 0.3) is 10.9 Å². The van der Waals surface area contributed by atoms with Crippen LogP contribution in [0.15, 0.2) is 23.2 Å². The largest absolute Gasteiger partial charge is 0.381 e. The first-order valence-electron chi connectivity index (χ1n) is 10.9. The number of rotatable bonds is 6. The number of amides is 1. The van der Waals surface area contributed by atoms with Gasteiger partial charge in [-0.3, -0.25) is 14.7 Å². The number of aromatic amines is 1. The van der Waals surface area contributed by atoms with Gasteiger partial charge in [0.2, 0.25) is 5.91 Å². The zero-order chi connectivity index (χ0) is 20.5. The molecule has 2 aliphatic heterocycles. The Morgan fingerprint density at radius 1 is 1.27 bits per heavy atom. The van der Waals surface area contributed by atoms with Gasteiger partial charge >= 0.3 is 0 Å². The maximum atomic E-state index is 11.5. The molecule has 1 amide bonds. The van der Waals surface area contributed by atoms with Crippen molar-refractivity contribution in [3.8, 4) is 0 Å². The number of aromatic nitrogens is 1. The first-order valence-corrected chi connectivity index (χ1v) is 12.3. The second-order valence-corrected chi connectivity index (χ2v) is 9.99. The van der Waals surface area contributed by atoms with E-state index in [2.05, 4.69) is 26.6 Å². The van der Waals surface area contributed by atoms with Crippen molar-refractivity contribution in [1.29, 1.82) is 0 Å². The highest BCUT2D eigenvalue weighted by atomic mass is 35.5. The Kier molecular flexibility index (Phi) is 5.94. The molecule has 1 unspecified atom stereocenters. The molecule has 1 atom stereocenters. The third-order valence-corrected chi connectivity index (χ3v) is 7.61. The van der Waals surface area contributed by atoms with Crippen LogP contribution in [0.3, 0.4) is 0 Å². The van der Waals surface area contributed by atoms with Crippen LogP contribution < -0.4 is 10.6 Å². The number of H-pyrrole nitrogens is 1. The highest BCUT2D eigenvalue weighted by Gasteiger charge is 2.24. The van der Waals surface area contributed by atoms with Gasteiger partial charge in [-0.05, 0) is 37.5 Å². The summed E-state index contributed by atoms with van der Waals surface area (Å²) in [6.45, 7) is 3.12. The summed E-state index contributed by atoms with van der Waals surface area (Å²) in [6, 6.07) is 7.07. The quantitative estimate of drug-likeness (QED) is 0.631. The van der Waals surface area contributed by atoms with Crippen LogP contribution in [0.1, 0.15) is 37.8 Å². The number of carbonyl (C=O) groups is 1. The molecule has 0 radical (unpaired) electrons. The van der Waals surface area contributed by atoms with E-state index >= 15 is 0 Å². The smallest absolute Gasteiger partial charge is 0.234 e. The average molecular weight is 446 g/mol. The Balaban J connectivity index is 1.29. The monoisotopic (exact) mass is 445 g/mol. The van der Waals surface area contributed by atoms with Crippen LogP contribution >= 0.6 is 23.4 Å². The predicted molar refractivity (Wildman–Crippen MR) is 126 cm³/mol. The number of fused-ring (bicyclic) bond motifs is 1. The number of piperazine rings is 1. The number of anilines is 1. The van der Waals surface area contributed by atoms with Crippen molar-refractivity contribution in [3.05, 3.63) is 28.9 Å². The summed E-state index contributed by atoms with van der Waals surface area (Å²) >= 11 is 8.22. The van der Waals surface area contributed by atoms with Gasteiger partial charge in [0.15, 0.2) is 0 Å². The van der Waals surface area contributed by atoms with Crippen molar-refractivity contribution in [2.75, 3.05) is 37.2 Å². The van der Waals surface area contributed by atoms with Crippen molar-refractivity contribution >= 4 is 50.9 Å². The summed E-state index contributed by atoms with van der Waals surface area (Å²) < 4.78 is 0. The van der Waals surface area contributed by atoms with Gasteiger partial charge in [-0.25, -0.2) is 0 Å².